The first-order valence-corrected chi connectivity index (χ1v) is 9.60. The average molecular weight is 412 g/mol. The van der Waals surface area contributed by atoms with E-state index in [2.05, 4.69) is 10.6 Å². The Balaban J connectivity index is 0.00000280. The minimum Gasteiger partial charge on any atom is -0.493 e. The summed E-state index contributed by atoms with van der Waals surface area (Å²) in [6, 6.07) is 6.14. The third kappa shape index (κ3) is 5.52. The standard InChI is InChI=1S/C20H29N3O4.ClH/c1-26-17-6-5-14(10-18(17)27-2)7-9-23-13-15(11-19(23)24)20(25)22-12-16-4-3-8-21-16;/h5-6,10,15-16,21H,3-4,7-9,11-13H2,1-2H3,(H,22,25);1H. The van der Waals surface area contributed by atoms with Crippen LogP contribution < -0.4 is 20.1 Å². The number of nitrogens with zero attached hydrogens (tertiary/aromatic N) is 1. The maximum absolute atomic E-state index is 12.4. The van der Waals surface area contributed by atoms with E-state index in [0.29, 0.717) is 50.0 Å². The fourth-order valence-electron chi connectivity index (χ4n) is 3.76. The van der Waals surface area contributed by atoms with Crippen molar-refractivity contribution < 1.29 is 19.1 Å². The summed E-state index contributed by atoms with van der Waals surface area (Å²) in [5.41, 5.74) is 1.07. The fraction of sp³-hybridized carbons (Fsp3) is 0.600. The van der Waals surface area contributed by atoms with E-state index in [1.807, 2.05) is 18.2 Å². The molecule has 0 bridgehead atoms. The lowest BCUT2D eigenvalue weighted by atomic mass is 10.1. The van der Waals surface area contributed by atoms with Gasteiger partial charge in [-0.1, -0.05) is 6.07 Å². The highest BCUT2D eigenvalue weighted by molar-refractivity contribution is 5.89. The first-order valence-electron chi connectivity index (χ1n) is 9.60. The SMILES string of the molecule is COc1ccc(CCN2CC(C(=O)NCC3CCCN3)CC2=O)cc1OC.Cl. The second-order valence-electron chi connectivity index (χ2n) is 7.22. The highest BCUT2D eigenvalue weighted by Gasteiger charge is 2.34. The predicted molar refractivity (Wildman–Crippen MR) is 109 cm³/mol. The van der Waals surface area contributed by atoms with Gasteiger partial charge in [0.2, 0.25) is 11.8 Å². The van der Waals surface area contributed by atoms with Crippen molar-refractivity contribution in [1.29, 1.82) is 0 Å². The summed E-state index contributed by atoms with van der Waals surface area (Å²) in [6.45, 7) is 2.76. The number of ether oxygens (including phenoxy) is 2. The molecule has 0 radical (unpaired) electrons. The molecule has 2 aliphatic heterocycles. The van der Waals surface area contributed by atoms with Crippen LogP contribution in [0.5, 0.6) is 11.5 Å². The van der Waals surface area contributed by atoms with Crippen LogP contribution in [0.25, 0.3) is 0 Å². The van der Waals surface area contributed by atoms with E-state index in [0.717, 1.165) is 24.9 Å². The fourth-order valence-corrected chi connectivity index (χ4v) is 3.76. The molecule has 2 atom stereocenters. The van der Waals surface area contributed by atoms with Crippen molar-refractivity contribution in [3.05, 3.63) is 23.8 Å². The molecule has 2 fully saturated rings. The summed E-state index contributed by atoms with van der Waals surface area (Å²) in [6.07, 6.45) is 3.27. The number of likely N-dealkylation sites (tertiary alicyclic amines) is 1. The van der Waals surface area contributed by atoms with Gasteiger partial charge in [-0.15, -0.1) is 12.4 Å². The van der Waals surface area contributed by atoms with E-state index in [1.54, 1.807) is 19.1 Å². The molecule has 2 heterocycles. The Hall–Kier alpha value is -1.99. The highest BCUT2D eigenvalue weighted by Crippen LogP contribution is 2.28. The van der Waals surface area contributed by atoms with Gasteiger partial charge in [0, 0.05) is 32.1 Å². The molecule has 0 saturated carbocycles. The Morgan fingerprint density at radius 2 is 2.07 bits per heavy atom. The van der Waals surface area contributed by atoms with Crippen LogP contribution in [0.15, 0.2) is 18.2 Å². The van der Waals surface area contributed by atoms with Crippen molar-refractivity contribution in [3.63, 3.8) is 0 Å². The lowest BCUT2D eigenvalue weighted by Gasteiger charge is -2.18. The van der Waals surface area contributed by atoms with Gasteiger partial charge in [-0.25, -0.2) is 0 Å². The van der Waals surface area contributed by atoms with Crippen molar-refractivity contribution in [2.45, 2.75) is 31.7 Å². The second-order valence-corrected chi connectivity index (χ2v) is 7.22. The average Bonchev–Trinajstić information content (AvgIpc) is 3.33. The van der Waals surface area contributed by atoms with Crippen LogP contribution in [0.1, 0.15) is 24.8 Å². The molecule has 2 amide bonds. The topological polar surface area (TPSA) is 79.9 Å². The summed E-state index contributed by atoms with van der Waals surface area (Å²) in [5, 5.41) is 6.36. The zero-order chi connectivity index (χ0) is 19.2. The molecule has 0 aromatic heterocycles. The van der Waals surface area contributed by atoms with Crippen molar-refractivity contribution >= 4 is 24.2 Å². The maximum Gasteiger partial charge on any atom is 0.225 e. The molecular formula is C20H30ClN3O4. The van der Waals surface area contributed by atoms with Crippen molar-refractivity contribution in [2.24, 2.45) is 5.92 Å². The molecular weight excluding hydrogens is 382 g/mol. The number of halogens is 1. The summed E-state index contributed by atoms with van der Waals surface area (Å²) in [5.74, 6) is 1.16. The second kappa shape index (κ2) is 10.5. The molecule has 8 heteroatoms. The Morgan fingerprint density at radius 3 is 2.75 bits per heavy atom. The Morgan fingerprint density at radius 1 is 1.29 bits per heavy atom. The molecule has 3 rings (SSSR count). The molecule has 2 N–H and O–H groups in total. The van der Waals surface area contributed by atoms with Crippen molar-refractivity contribution in [3.8, 4) is 11.5 Å². The number of benzene rings is 1. The molecule has 0 spiro atoms. The molecule has 1 aromatic carbocycles. The molecule has 2 unspecified atom stereocenters. The van der Waals surface area contributed by atoms with Crippen molar-refractivity contribution in [1.82, 2.24) is 15.5 Å². The summed E-state index contributed by atoms with van der Waals surface area (Å²) in [4.78, 5) is 26.4. The zero-order valence-electron chi connectivity index (χ0n) is 16.5. The third-order valence-electron chi connectivity index (χ3n) is 5.39. The van der Waals surface area contributed by atoms with Gasteiger partial charge in [-0.05, 0) is 43.5 Å². The quantitative estimate of drug-likeness (QED) is 0.675. The molecule has 1 aromatic rings. The van der Waals surface area contributed by atoms with Gasteiger partial charge in [0.15, 0.2) is 11.5 Å². The van der Waals surface area contributed by atoms with Gasteiger partial charge in [0.25, 0.3) is 0 Å². The number of hydrogen-bond acceptors (Lipinski definition) is 5. The summed E-state index contributed by atoms with van der Waals surface area (Å²) < 4.78 is 10.6. The van der Waals surface area contributed by atoms with E-state index in [-0.39, 0.29) is 30.1 Å². The van der Waals surface area contributed by atoms with Gasteiger partial charge in [-0.3, -0.25) is 9.59 Å². The van der Waals surface area contributed by atoms with E-state index in [9.17, 15) is 9.59 Å². The molecule has 7 nitrogen and oxygen atoms in total. The van der Waals surface area contributed by atoms with Gasteiger partial charge in [0.1, 0.15) is 0 Å². The summed E-state index contributed by atoms with van der Waals surface area (Å²) >= 11 is 0. The van der Waals surface area contributed by atoms with Gasteiger partial charge < -0.3 is 25.0 Å². The molecule has 2 aliphatic rings. The summed E-state index contributed by atoms with van der Waals surface area (Å²) in [7, 11) is 3.21. The molecule has 156 valence electrons. The van der Waals surface area contributed by atoms with Gasteiger partial charge in [-0.2, -0.15) is 0 Å². The van der Waals surface area contributed by atoms with Crippen LogP contribution in [-0.2, 0) is 16.0 Å². The van der Waals surface area contributed by atoms with E-state index in [4.69, 9.17) is 9.47 Å². The number of carbonyl (C=O) groups is 2. The molecule has 28 heavy (non-hydrogen) atoms. The number of carbonyl (C=O) groups excluding carboxylic acids is 2. The molecule has 2 saturated heterocycles. The first kappa shape index (κ1) is 22.3. The third-order valence-corrected chi connectivity index (χ3v) is 5.39. The minimum absolute atomic E-state index is 0. The predicted octanol–water partition coefficient (Wildman–Crippen LogP) is 1.38. The largest absolute Gasteiger partial charge is 0.493 e. The van der Waals surface area contributed by atoms with Crippen LogP contribution in [0.2, 0.25) is 0 Å². The number of rotatable bonds is 8. The van der Waals surface area contributed by atoms with Crippen molar-refractivity contribution in [2.75, 3.05) is 40.4 Å². The van der Waals surface area contributed by atoms with E-state index >= 15 is 0 Å². The number of methoxy groups -OCH3 is 2. The highest BCUT2D eigenvalue weighted by atomic mass is 35.5. The monoisotopic (exact) mass is 411 g/mol. The van der Waals surface area contributed by atoms with Gasteiger partial charge in [0.05, 0.1) is 20.1 Å². The number of hydrogen-bond donors (Lipinski definition) is 2. The zero-order valence-corrected chi connectivity index (χ0v) is 17.3. The normalized spacial score (nSPS) is 21.4. The van der Waals surface area contributed by atoms with Crippen LogP contribution in [0.4, 0.5) is 0 Å². The Labute approximate surface area is 172 Å². The molecule has 0 aliphatic carbocycles. The number of amides is 2. The van der Waals surface area contributed by atoms with Crippen LogP contribution >= 0.6 is 12.4 Å². The Bertz CT molecular complexity index is 679. The lowest BCUT2D eigenvalue weighted by Crippen LogP contribution is -2.40. The Kier molecular flexibility index (Phi) is 8.38. The minimum atomic E-state index is -0.246. The lowest BCUT2D eigenvalue weighted by molar-refractivity contribution is -0.129. The van der Waals surface area contributed by atoms with E-state index < -0.39 is 0 Å². The van der Waals surface area contributed by atoms with Gasteiger partial charge >= 0.3 is 0 Å². The van der Waals surface area contributed by atoms with Crippen LogP contribution in [0.3, 0.4) is 0 Å². The first-order chi connectivity index (χ1) is 13.1. The van der Waals surface area contributed by atoms with Crippen LogP contribution in [0, 0.1) is 5.92 Å². The maximum atomic E-state index is 12.4. The van der Waals surface area contributed by atoms with E-state index in [1.165, 1.54) is 0 Å². The number of nitrogens with one attached hydrogen (secondary N) is 2. The smallest absolute Gasteiger partial charge is 0.225 e. The van der Waals surface area contributed by atoms with Crippen LogP contribution in [-0.4, -0.2) is 63.2 Å².